The number of hydrogen-bond donors (Lipinski definition) is 2. The van der Waals surface area contributed by atoms with Gasteiger partial charge in [-0.05, 0) is 29.7 Å². The van der Waals surface area contributed by atoms with Gasteiger partial charge in [0.25, 0.3) is 10.1 Å². The molecule has 3 aromatic carbocycles. The minimum atomic E-state index is -4.13. The molecule has 0 radical (unpaired) electrons. The maximum absolute atomic E-state index is 11.0. The number of nitrogen functional groups attached to an aromatic ring is 1. The van der Waals surface area contributed by atoms with Crippen LogP contribution in [0.4, 0.5) is 5.82 Å². The highest BCUT2D eigenvalue weighted by Gasteiger charge is 2.12. The first-order valence-corrected chi connectivity index (χ1v) is 8.96. The van der Waals surface area contributed by atoms with E-state index in [1.54, 1.807) is 30.3 Å². The van der Waals surface area contributed by atoms with Crippen LogP contribution in [-0.2, 0) is 10.1 Å². The number of rotatable bonds is 1. The number of pyridine rings is 1. The van der Waals surface area contributed by atoms with Crippen molar-refractivity contribution in [1.82, 2.24) is 4.98 Å². The molecular weight excluding hydrogens is 336 g/mol. The number of nitrogens with zero attached hydrogens (tertiary/aromatic N) is 1. The Kier molecular flexibility index (Phi) is 4.65. The summed E-state index contributed by atoms with van der Waals surface area (Å²) in [5.74, 6) is 0.573. The molecule has 3 N–H and O–H groups in total. The molecule has 0 aliphatic rings. The first kappa shape index (κ1) is 16.9. The summed E-state index contributed by atoms with van der Waals surface area (Å²) in [6.45, 7) is 0. The summed E-state index contributed by atoms with van der Waals surface area (Å²) in [7, 11) is -4.13. The highest BCUT2D eigenvalue weighted by molar-refractivity contribution is 7.86. The van der Waals surface area contributed by atoms with Gasteiger partial charge in [-0.2, -0.15) is 8.42 Å². The fraction of sp³-hybridized carbons (Fsp3) is 0. The number of nitrogens with two attached hydrogens (primary N) is 1. The number of hydrogen-bond acceptors (Lipinski definition) is 4. The molecule has 0 spiro atoms. The summed E-state index contributed by atoms with van der Waals surface area (Å²) in [5.41, 5.74) is 6.46. The molecule has 5 nitrogen and oxygen atoms in total. The maximum atomic E-state index is 11.0. The lowest BCUT2D eigenvalue weighted by Crippen LogP contribution is -1.98. The van der Waals surface area contributed by atoms with Crippen molar-refractivity contribution in [2.24, 2.45) is 0 Å². The average Bonchev–Trinajstić information content (AvgIpc) is 2.61. The van der Waals surface area contributed by atoms with E-state index in [0.29, 0.717) is 11.2 Å². The summed E-state index contributed by atoms with van der Waals surface area (Å²) < 4.78 is 31.0. The van der Waals surface area contributed by atoms with Crippen LogP contribution in [0, 0.1) is 0 Å². The molecule has 0 amide bonds. The van der Waals surface area contributed by atoms with Crippen LogP contribution in [0.5, 0.6) is 0 Å². The predicted molar refractivity (Wildman–Crippen MR) is 99.9 cm³/mol. The van der Waals surface area contributed by atoms with Gasteiger partial charge in [-0.25, -0.2) is 4.98 Å². The molecule has 0 fully saturated rings. The lowest BCUT2D eigenvalue weighted by atomic mass is 10.1. The maximum Gasteiger partial charge on any atom is 0.295 e. The van der Waals surface area contributed by atoms with Crippen LogP contribution < -0.4 is 5.73 Å². The van der Waals surface area contributed by atoms with Gasteiger partial charge in [0.15, 0.2) is 0 Å². The van der Waals surface area contributed by atoms with Gasteiger partial charge in [0.05, 0.1) is 5.52 Å². The highest BCUT2D eigenvalue weighted by atomic mass is 32.2. The molecule has 0 atom stereocenters. The third-order valence-electron chi connectivity index (χ3n) is 3.65. The quantitative estimate of drug-likeness (QED) is 0.507. The number of aromatic nitrogens is 1. The molecule has 1 aromatic heterocycles. The van der Waals surface area contributed by atoms with E-state index in [9.17, 15) is 8.42 Å². The molecule has 126 valence electrons. The van der Waals surface area contributed by atoms with Crippen LogP contribution in [0.25, 0.3) is 21.7 Å². The molecule has 0 saturated carbocycles. The molecule has 25 heavy (non-hydrogen) atoms. The van der Waals surface area contributed by atoms with E-state index in [2.05, 4.69) is 4.98 Å². The van der Waals surface area contributed by atoms with Crippen molar-refractivity contribution in [1.29, 1.82) is 0 Å². The molecule has 6 heteroatoms. The zero-order valence-electron chi connectivity index (χ0n) is 13.2. The summed E-state index contributed by atoms with van der Waals surface area (Å²) in [6, 6.07) is 23.5. The van der Waals surface area contributed by atoms with Crippen molar-refractivity contribution in [3.05, 3.63) is 78.9 Å². The molecule has 1 heterocycles. The van der Waals surface area contributed by atoms with E-state index in [-0.39, 0.29) is 4.90 Å². The fourth-order valence-corrected chi connectivity index (χ4v) is 3.22. The largest absolute Gasteiger partial charge is 0.384 e. The standard InChI is InChI=1S/C10H8O3S.C9H8N2/c11-14(12,13)10-7-3-5-8-4-1-2-6-9(8)10;10-9-6-5-7-3-1-2-4-8(7)11-9/h1-7H,(H,11,12,13);1-6H,(H2,10,11). The second kappa shape index (κ2) is 6.88. The first-order chi connectivity index (χ1) is 11.9. The molecule has 4 aromatic rings. The summed E-state index contributed by atoms with van der Waals surface area (Å²) >= 11 is 0. The summed E-state index contributed by atoms with van der Waals surface area (Å²) in [5, 5.41) is 2.46. The monoisotopic (exact) mass is 352 g/mol. The SMILES string of the molecule is Nc1ccc2ccccc2n1.O=S(=O)(O)c1cccc2ccccc12. The van der Waals surface area contributed by atoms with Crippen molar-refractivity contribution in [3.63, 3.8) is 0 Å². The van der Waals surface area contributed by atoms with Crippen LogP contribution in [0.3, 0.4) is 0 Å². The highest BCUT2D eigenvalue weighted by Crippen LogP contribution is 2.22. The van der Waals surface area contributed by atoms with Gasteiger partial charge < -0.3 is 5.73 Å². The number of para-hydroxylation sites is 1. The molecule has 4 rings (SSSR count). The third-order valence-corrected chi connectivity index (χ3v) is 4.56. The molecular formula is C19H16N2O3S. The van der Waals surface area contributed by atoms with E-state index >= 15 is 0 Å². The number of fused-ring (bicyclic) bond motifs is 2. The van der Waals surface area contributed by atoms with E-state index in [1.807, 2.05) is 42.5 Å². The first-order valence-electron chi connectivity index (χ1n) is 7.52. The lowest BCUT2D eigenvalue weighted by molar-refractivity contribution is 0.484. The third kappa shape index (κ3) is 3.93. The fourth-order valence-electron chi connectivity index (χ4n) is 2.50. The molecule has 0 unspecified atom stereocenters. The van der Waals surface area contributed by atoms with E-state index < -0.39 is 10.1 Å². The topological polar surface area (TPSA) is 93.3 Å². The molecule has 0 saturated heterocycles. The Labute approximate surface area is 145 Å². The van der Waals surface area contributed by atoms with Gasteiger partial charge in [0.1, 0.15) is 10.7 Å². The Bertz CT molecular complexity index is 1140. The lowest BCUT2D eigenvalue weighted by Gasteiger charge is -2.02. The van der Waals surface area contributed by atoms with Crippen LogP contribution >= 0.6 is 0 Å². The Morgan fingerprint density at radius 3 is 2.16 bits per heavy atom. The number of benzene rings is 3. The van der Waals surface area contributed by atoms with Gasteiger partial charge >= 0.3 is 0 Å². The van der Waals surface area contributed by atoms with Crippen molar-refractivity contribution in [3.8, 4) is 0 Å². The Balaban J connectivity index is 0.000000150. The van der Waals surface area contributed by atoms with Crippen LogP contribution in [-0.4, -0.2) is 18.0 Å². The second-order valence-corrected chi connectivity index (χ2v) is 6.77. The van der Waals surface area contributed by atoms with Crippen LogP contribution in [0.15, 0.2) is 83.8 Å². The van der Waals surface area contributed by atoms with Crippen molar-refractivity contribution < 1.29 is 13.0 Å². The van der Waals surface area contributed by atoms with Gasteiger partial charge in [-0.15, -0.1) is 0 Å². The normalized spacial score (nSPS) is 11.1. The van der Waals surface area contributed by atoms with Crippen molar-refractivity contribution >= 4 is 37.6 Å². The van der Waals surface area contributed by atoms with E-state index in [4.69, 9.17) is 10.3 Å². The van der Waals surface area contributed by atoms with Gasteiger partial charge in [-0.3, -0.25) is 4.55 Å². The van der Waals surface area contributed by atoms with Gasteiger partial charge in [0, 0.05) is 10.8 Å². The van der Waals surface area contributed by atoms with Gasteiger partial charge in [-0.1, -0.05) is 54.6 Å². The van der Waals surface area contributed by atoms with Gasteiger partial charge in [0.2, 0.25) is 0 Å². The predicted octanol–water partition coefficient (Wildman–Crippen LogP) is 3.90. The number of anilines is 1. The zero-order chi connectivity index (χ0) is 17.9. The average molecular weight is 352 g/mol. The summed E-state index contributed by atoms with van der Waals surface area (Å²) in [6.07, 6.45) is 0. The summed E-state index contributed by atoms with van der Waals surface area (Å²) in [4.78, 5) is 4.11. The second-order valence-electron chi connectivity index (χ2n) is 5.38. The molecule has 0 bridgehead atoms. The smallest absolute Gasteiger partial charge is 0.295 e. The van der Waals surface area contributed by atoms with E-state index in [0.717, 1.165) is 16.3 Å². The van der Waals surface area contributed by atoms with Crippen LogP contribution in [0.1, 0.15) is 0 Å². The van der Waals surface area contributed by atoms with E-state index in [1.165, 1.54) is 6.07 Å². The van der Waals surface area contributed by atoms with Crippen LogP contribution in [0.2, 0.25) is 0 Å². The zero-order valence-corrected chi connectivity index (χ0v) is 14.0. The Morgan fingerprint density at radius 1 is 0.760 bits per heavy atom. The molecule has 0 aliphatic heterocycles. The molecule has 0 aliphatic carbocycles. The minimum Gasteiger partial charge on any atom is -0.384 e. The Hall–Kier alpha value is -2.96. The Morgan fingerprint density at radius 2 is 1.40 bits per heavy atom. The van der Waals surface area contributed by atoms with Crippen molar-refractivity contribution in [2.75, 3.05) is 5.73 Å². The minimum absolute atomic E-state index is 0.0457. The van der Waals surface area contributed by atoms with Crippen molar-refractivity contribution in [2.45, 2.75) is 4.90 Å².